The summed E-state index contributed by atoms with van der Waals surface area (Å²) in [5.41, 5.74) is 1.40. The van der Waals surface area contributed by atoms with Gasteiger partial charge in [0, 0.05) is 4.47 Å². The summed E-state index contributed by atoms with van der Waals surface area (Å²) in [5, 5.41) is 3.27. The summed E-state index contributed by atoms with van der Waals surface area (Å²) in [6.45, 7) is 0. The number of halogens is 2. The molecular weight excluding hydrogens is 370 g/mol. The number of carbonyl (C=O) groups excluding carboxylic acids is 1. The topological polar surface area (TPSA) is 47.6 Å². The van der Waals surface area contributed by atoms with E-state index in [-0.39, 0.29) is 12.3 Å². The first-order valence-corrected chi connectivity index (χ1v) is 7.66. The number of ether oxygens (including phenoxy) is 2. The van der Waals surface area contributed by atoms with E-state index >= 15 is 0 Å². The standard InChI is InChI=1S/C16H15BrClNO3/c1-21-14-6-3-10(7-15(14)22-2)8-16(20)19-13-5-4-11(17)9-12(13)18/h3-7,9H,8H2,1-2H3,(H,19,20). The summed E-state index contributed by atoms with van der Waals surface area (Å²) in [6.07, 6.45) is 0.215. The molecule has 0 saturated carbocycles. The van der Waals surface area contributed by atoms with Crippen molar-refractivity contribution in [2.75, 3.05) is 19.5 Å². The molecule has 2 aromatic rings. The van der Waals surface area contributed by atoms with Crippen LogP contribution in [0.1, 0.15) is 5.56 Å². The summed E-state index contributed by atoms with van der Waals surface area (Å²) in [6, 6.07) is 10.7. The van der Waals surface area contributed by atoms with Gasteiger partial charge in [-0.25, -0.2) is 0 Å². The lowest BCUT2D eigenvalue weighted by atomic mass is 10.1. The van der Waals surface area contributed by atoms with Crippen LogP contribution in [0, 0.1) is 0 Å². The van der Waals surface area contributed by atoms with E-state index in [4.69, 9.17) is 21.1 Å². The molecular formula is C16H15BrClNO3. The molecule has 0 fully saturated rings. The molecule has 4 nitrogen and oxygen atoms in total. The third-order valence-electron chi connectivity index (χ3n) is 3.02. The monoisotopic (exact) mass is 383 g/mol. The van der Waals surface area contributed by atoms with Crippen LogP contribution in [0.5, 0.6) is 11.5 Å². The molecule has 1 N–H and O–H groups in total. The van der Waals surface area contributed by atoms with E-state index in [9.17, 15) is 4.79 Å². The van der Waals surface area contributed by atoms with Crippen molar-refractivity contribution in [2.45, 2.75) is 6.42 Å². The number of carbonyl (C=O) groups is 1. The number of anilines is 1. The second kappa shape index (κ2) is 7.51. The number of hydrogen-bond acceptors (Lipinski definition) is 3. The van der Waals surface area contributed by atoms with Gasteiger partial charge in [0.25, 0.3) is 0 Å². The zero-order chi connectivity index (χ0) is 16.1. The van der Waals surface area contributed by atoms with Crippen LogP contribution in [-0.4, -0.2) is 20.1 Å². The molecule has 0 aliphatic heterocycles. The van der Waals surface area contributed by atoms with Gasteiger partial charge in [-0.1, -0.05) is 33.6 Å². The second-order valence-corrected chi connectivity index (χ2v) is 5.86. The molecule has 116 valence electrons. The molecule has 2 aromatic carbocycles. The van der Waals surface area contributed by atoms with Crippen molar-refractivity contribution in [3.8, 4) is 11.5 Å². The molecule has 0 atom stereocenters. The van der Waals surface area contributed by atoms with E-state index < -0.39 is 0 Å². The van der Waals surface area contributed by atoms with Crippen molar-refractivity contribution >= 4 is 39.1 Å². The maximum atomic E-state index is 12.1. The highest BCUT2D eigenvalue weighted by Gasteiger charge is 2.10. The van der Waals surface area contributed by atoms with Gasteiger partial charge >= 0.3 is 0 Å². The van der Waals surface area contributed by atoms with Crippen molar-refractivity contribution in [3.05, 3.63) is 51.5 Å². The number of benzene rings is 2. The minimum atomic E-state index is -0.156. The normalized spacial score (nSPS) is 10.2. The average Bonchev–Trinajstić information content (AvgIpc) is 2.50. The fourth-order valence-corrected chi connectivity index (χ4v) is 2.68. The van der Waals surface area contributed by atoms with Crippen molar-refractivity contribution in [2.24, 2.45) is 0 Å². The SMILES string of the molecule is COc1ccc(CC(=O)Nc2ccc(Br)cc2Cl)cc1OC. The molecule has 0 spiro atoms. The first-order valence-electron chi connectivity index (χ1n) is 6.49. The first-order chi connectivity index (χ1) is 10.5. The Morgan fingerprint density at radius 2 is 1.86 bits per heavy atom. The Labute approximate surface area is 142 Å². The molecule has 0 bridgehead atoms. The van der Waals surface area contributed by atoms with Crippen LogP contribution in [0.2, 0.25) is 5.02 Å². The summed E-state index contributed by atoms with van der Waals surface area (Å²) < 4.78 is 11.3. The van der Waals surface area contributed by atoms with Crippen LogP contribution < -0.4 is 14.8 Å². The minimum absolute atomic E-state index is 0.156. The van der Waals surface area contributed by atoms with Crippen molar-refractivity contribution in [1.29, 1.82) is 0 Å². The van der Waals surface area contributed by atoms with E-state index in [0.717, 1.165) is 10.0 Å². The lowest BCUT2D eigenvalue weighted by molar-refractivity contribution is -0.115. The third-order valence-corrected chi connectivity index (χ3v) is 3.82. The molecule has 0 aliphatic carbocycles. The maximum absolute atomic E-state index is 12.1. The number of hydrogen-bond donors (Lipinski definition) is 1. The van der Waals surface area contributed by atoms with Crippen LogP contribution in [0.3, 0.4) is 0 Å². The van der Waals surface area contributed by atoms with Crippen molar-refractivity contribution < 1.29 is 14.3 Å². The number of amides is 1. The van der Waals surface area contributed by atoms with Crippen LogP contribution in [-0.2, 0) is 11.2 Å². The predicted octanol–water partition coefficient (Wildman–Crippen LogP) is 4.30. The van der Waals surface area contributed by atoms with Crippen molar-refractivity contribution in [3.63, 3.8) is 0 Å². The Balaban J connectivity index is 2.08. The molecule has 1 amide bonds. The average molecular weight is 385 g/mol. The highest BCUT2D eigenvalue weighted by atomic mass is 79.9. The summed E-state index contributed by atoms with van der Waals surface area (Å²) >= 11 is 9.41. The van der Waals surface area contributed by atoms with Gasteiger partial charge < -0.3 is 14.8 Å². The molecule has 22 heavy (non-hydrogen) atoms. The molecule has 0 aliphatic rings. The van der Waals surface area contributed by atoms with Crippen molar-refractivity contribution in [1.82, 2.24) is 0 Å². The Hall–Kier alpha value is -1.72. The molecule has 0 heterocycles. The van der Waals surface area contributed by atoms with Gasteiger partial charge in [0.15, 0.2) is 11.5 Å². The zero-order valence-electron chi connectivity index (χ0n) is 12.2. The Bertz CT molecular complexity index is 691. The Kier molecular flexibility index (Phi) is 5.69. The van der Waals surface area contributed by atoms with Gasteiger partial charge in [-0.3, -0.25) is 4.79 Å². The summed E-state index contributed by atoms with van der Waals surface area (Å²) in [5.74, 6) is 1.06. The fourth-order valence-electron chi connectivity index (χ4n) is 1.96. The third kappa shape index (κ3) is 4.15. The van der Waals surface area contributed by atoms with Gasteiger partial charge in [0.05, 0.1) is 31.4 Å². The molecule has 0 saturated heterocycles. The van der Waals surface area contributed by atoms with Gasteiger partial charge in [-0.05, 0) is 35.9 Å². The highest BCUT2D eigenvalue weighted by Crippen LogP contribution is 2.28. The lowest BCUT2D eigenvalue weighted by Gasteiger charge is -2.10. The molecule has 6 heteroatoms. The smallest absolute Gasteiger partial charge is 0.228 e. The van der Waals surface area contributed by atoms with E-state index in [1.54, 1.807) is 38.5 Å². The van der Waals surface area contributed by atoms with Gasteiger partial charge in [0.1, 0.15) is 0 Å². The lowest BCUT2D eigenvalue weighted by Crippen LogP contribution is -2.14. The maximum Gasteiger partial charge on any atom is 0.228 e. The largest absolute Gasteiger partial charge is 0.493 e. The number of nitrogens with one attached hydrogen (secondary N) is 1. The predicted molar refractivity (Wildman–Crippen MR) is 91.0 cm³/mol. The molecule has 0 radical (unpaired) electrons. The number of rotatable bonds is 5. The van der Waals surface area contributed by atoms with Gasteiger partial charge in [0.2, 0.25) is 5.91 Å². The summed E-state index contributed by atoms with van der Waals surface area (Å²) in [7, 11) is 3.13. The van der Waals surface area contributed by atoms with E-state index in [2.05, 4.69) is 21.2 Å². The zero-order valence-corrected chi connectivity index (χ0v) is 14.5. The van der Waals surface area contributed by atoms with Crippen LogP contribution in [0.15, 0.2) is 40.9 Å². The van der Waals surface area contributed by atoms with Crippen LogP contribution >= 0.6 is 27.5 Å². The Morgan fingerprint density at radius 3 is 2.50 bits per heavy atom. The highest BCUT2D eigenvalue weighted by molar-refractivity contribution is 9.10. The summed E-state index contributed by atoms with van der Waals surface area (Å²) in [4.78, 5) is 12.1. The van der Waals surface area contributed by atoms with Gasteiger partial charge in [-0.2, -0.15) is 0 Å². The molecule has 2 rings (SSSR count). The fraction of sp³-hybridized carbons (Fsp3) is 0.188. The molecule has 0 unspecified atom stereocenters. The van der Waals surface area contributed by atoms with E-state index in [0.29, 0.717) is 22.2 Å². The molecule has 0 aromatic heterocycles. The first kappa shape index (κ1) is 16.6. The second-order valence-electron chi connectivity index (χ2n) is 4.54. The van der Waals surface area contributed by atoms with Crippen LogP contribution in [0.4, 0.5) is 5.69 Å². The number of methoxy groups -OCH3 is 2. The minimum Gasteiger partial charge on any atom is -0.493 e. The van der Waals surface area contributed by atoms with Gasteiger partial charge in [-0.15, -0.1) is 0 Å². The Morgan fingerprint density at radius 1 is 1.14 bits per heavy atom. The quantitative estimate of drug-likeness (QED) is 0.836. The van der Waals surface area contributed by atoms with E-state index in [1.807, 2.05) is 12.1 Å². The van der Waals surface area contributed by atoms with Crippen LogP contribution in [0.25, 0.3) is 0 Å². The van der Waals surface area contributed by atoms with E-state index in [1.165, 1.54) is 0 Å².